The molecule has 11 nitrogen and oxygen atoms in total. The van der Waals surface area contributed by atoms with E-state index >= 15 is 0 Å². The Morgan fingerprint density at radius 2 is 0.778 bits per heavy atom. The van der Waals surface area contributed by atoms with Crippen LogP contribution >= 0.6 is 0 Å². The predicted octanol–water partition coefficient (Wildman–Crippen LogP) is 16.1. The van der Waals surface area contributed by atoms with E-state index in [1.54, 1.807) is 0 Å². The van der Waals surface area contributed by atoms with E-state index in [-0.39, 0.29) is 12.8 Å². The molecular weight excluding hydrogens is 1010 g/mol. The highest BCUT2D eigenvalue weighted by atomic mass is 16.7. The average molecular weight is 1140 g/mol. The summed E-state index contributed by atoms with van der Waals surface area (Å²) in [4.78, 5) is 13.2. The number of carbonyl (C=O) groups is 1. The van der Waals surface area contributed by atoms with Crippen LogP contribution in [0.2, 0.25) is 0 Å². The second-order valence-electron chi connectivity index (χ2n) is 23.9. The monoisotopic (exact) mass is 1140 g/mol. The number of hydrogen-bond donors (Lipinski definition) is 8. The van der Waals surface area contributed by atoms with Crippen molar-refractivity contribution in [2.45, 2.75) is 364 Å². The van der Waals surface area contributed by atoms with Gasteiger partial charge >= 0.3 is 0 Å². The summed E-state index contributed by atoms with van der Waals surface area (Å²) in [6.07, 6.45) is 65.8. The second kappa shape index (κ2) is 58.2. The zero-order chi connectivity index (χ0) is 58.9. The lowest BCUT2D eigenvalue weighted by atomic mass is 9.98. The minimum Gasteiger partial charge on any atom is -0.394 e. The zero-order valence-electron chi connectivity index (χ0n) is 52.3. The molecule has 11 heteroatoms. The van der Waals surface area contributed by atoms with E-state index in [0.29, 0.717) is 19.3 Å². The third-order valence-electron chi connectivity index (χ3n) is 16.2. The van der Waals surface area contributed by atoms with Crippen LogP contribution in [0.3, 0.4) is 0 Å². The Kier molecular flexibility index (Phi) is 55.2. The molecule has 0 saturated carbocycles. The van der Waals surface area contributed by atoms with E-state index < -0.39 is 74.2 Å². The second-order valence-corrected chi connectivity index (χ2v) is 23.9. The van der Waals surface area contributed by atoms with E-state index in [1.165, 1.54) is 212 Å². The molecule has 1 heterocycles. The Morgan fingerprint density at radius 3 is 1.17 bits per heavy atom. The van der Waals surface area contributed by atoms with E-state index in [1.807, 2.05) is 0 Å². The number of carbonyl (C=O) groups excluding carboxylic acids is 1. The van der Waals surface area contributed by atoms with Gasteiger partial charge in [0.2, 0.25) is 5.91 Å². The standard InChI is InChI=1S/C70H129NO10/c1-3-5-7-9-11-13-15-17-19-21-23-25-27-29-30-31-32-33-34-36-38-40-42-44-46-48-50-52-54-56-58-63(74)69(79)71-61(60-80-70-68(78)67(77)66(76)64(59-72)81-70)65(75)62(73)57-55-53-51-49-47-45-43-41-39-37-35-28-26-24-22-20-18-16-14-12-10-8-6-4-2/h23,25,28-30,35,41,43,49,51,61-68,70,72-78H,3-22,24,26-27,31-34,36-40,42,44-48,50,52-60H2,1-2H3,(H,71,79)/b25-23-,30-29-,35-28+,43-41+,51-49+. The molecule has 0 aromatic carbocycles. The molecule has 1 aliphatic rings. The van der Waals surface area contributed by atoms with Gasteiger partial charge in [0.25, 0.3) is 0 Å². The van der Waals surface area contributed by atoms with Gasteiger partial charge in [0, 0.05) is 0 Å². The van der Waals surface area contributed by atoms with Crippen LogP contribution in [0.25, 0.3) is 0 Å². The smallest absolute Gasteiger partial charge is 0.249 e. The molecule has 0 aromatic rings. The summed E-state index contributed by atoms with van der Waals surface area (Å²) >= 11 is 0. The summed E-state index contributed by atoms with van der Waals surface area (Å²) < 4.78 is 11.2. The van der Waals surface area contributed by atoms with E-state index in [9.17, 15) is 40.5 Å². The maximum Gasteiger partial charge on any atom is 0.249 e. The summed E-state index contributed by atoms with van der Waals surface area (Å²) in [5, 5.41) is 76.4. The first-order valence-corrected chi connectivity index (χ1v) is 34.2. The van der Waals surface area contributed by atoms with Crippen LogP contribution in [0.4, 0.5) is 0 Å². The number of rotatable bonds is 59. The number of aliphatic hydroxyl groups is 7. The van der Waals surface area contributed by atoms with Gasteiger partial charge in [-0.15, -0.1) is 0 Å². The lowest BCUT2D eigenvalue weighted by molar-refractivity contribution is -0.303. The van der Waals surface area contributed by atoms with Crippen molar-refractivity contribution in [3.05, 3.63) is 60.8 Å². The van der Waals surface area contributed by atoms with E-state index in [2.05, 4.69) is 79.9 Å². The quantitative estimate of drug-likeness (QED) is 0.0215. The van der Waals surface area contributed by atoms with Gasteiger partial charge in [0.15, 0.2) is 6.29 Å². The first-order chi connectivity index (χ1) is 39.7. The molecule has 0 aromatic heterocycles. The Bertz CT molecular complexity index is 1500. The number of aliphatic hydroxyl groups excluding tert-OH is 7. The lowest BCUT2D eigenvalue weighted by Crippen LogP contribution is -2.60. The Morgan fingerprint density at radius 1 is 0.432 bits per heavy atom. The summed E-state index contributed by atoms with van der Waals surface area (Å²) in [6.45, 7) is 3.47. The third-order valence-corrected chi connectivity index (χ3v) is 16.2. The third kappa shape index (κ3) is 45.8. The van der Waals surface area contributed by atoms with Gasteiger partial charge in [0.1, 0.15) is 36.6 Å². The molecule has 1 rings (SSSR count). The molecular formula is C70H129NO10. The molecule has 1 aliphatic heterocycles. The Balaban J connectivity index is 2.25. The van der Waals surface area contributed by atoms with Gasteiger partial charge in [-0.05, 0) is 96.3 Å². The predicted molar refractivity (Wildman–Crippen MR) is 339 cm³/mol. The normalized spacial score (nSPS) is 19.5. The highest BCUT2D eigenvalue weighted by Gasteiger charge is 2.44. The molecule has 1 saturated heterocycles. The fourth-order valence-corrected chi connectivity index (χ4v) is 10.7. The van der Waals surface area contributed by atoms with Crippen LogP contribution in [0.1, 0.15) is 309 Å². The minimum atomic E-state index is -1.68. The van der Waals surface area contributed by atoms with Crippen molar-refractivity contribution in [2.24, 2.45) is 0 Å². The molecule has 0 aliphatic carbocycles. The van der Waals surface area contributed by atoms with Crippen molar-refractivity contribution in [2.75, 3.05) is 13.2 Å². The number of unbranched alkanes of at least 4 members (excludes halogenated alkanes) is 37. The molecule has 0 radical (unpaired) electrons. The first-order valence-electron chi connectivity index (χ1n) is 34.2. The molecule has 1 fully saturated rings. The summed E-state index contributed by atoms with van der Waals surface area (Å²) in [5.41, 5.74) is 0. The molecule has 0 bridgehead atoms. The molecule has 9 unspecified atom stereocenters. The van der Waals surface area contributed by atoms with Crippen LogP contribution < -0.4 is 5.32 Å². The number of amides is 1. The number of allylic oxidation sites excluding steroid dienone is 10. The molecule has 0 spiro atoms. The van der Waals surface area contributed by atoms with Crippen molar-refractivity contribution in [1.29, 1.82) is 0 Å². The van der Waals surface area contributed by atoms with Gasteiger partial charge in [-0.2, -0.15) is 0 Å². The first kappa shape index (κ1) is 76.8. The van der Waals surface area contributed by atoms with Crippen LogP contribution in [0.5, 0.6) is 0 Å². The zero-order valence-corrected chi connectivity index (χ0v) is 52.3. The molecule has 9 atom stereocenters. The molecule has 81 heavy (non-hydrogen) atoms. The van der Waals surface area contributed by atoms with E-state index in [4.69, 9.17) is 9.47 Å². The summed E-state index contributed by atoms with van der Waals surface area (Å²) in [5.74, 6) is -0.711. The Labute approximate surface area is 497 Å². The average Bonchev–Trinajstić information content (AvgIpc) is 3.49. The topological polar surface area (TPSA) is 189 Å². The van der Waals surface area contributed by atoms with Gasteiger partial charge in [-0.25, -0.2) is 0 Å². The van der Waals surface area contributed by atoms with Crippen molar-refractivity contribution in [1.82, 2.24) is 5.32 Å². The maximum atomic E-state index is 13.2. The number of hydrogen-bond acceptors (Lipinski definition) is 10. The summed E-state index contributed by atoms with van der Waals surface area (Å²) in [7, 11) is 0. The van der Waals surface area contributed by atoms with E-state index in [0.717, 1.165) is 51.4 Å². The summed E-state index contributed by atoms with van der Waals surface area (Å²) in [6, 6.07) is -1.20. The van der Waals surface area contributed by atoms with Gasteiger partial charge in [-0.1, -0.05) is 274 Å². The molecule has 8 N–H and O–H groups in total. The fourth-order valence-electron chi connectivity index (χ4n) is 10.7. The maximum absolute atomic E-state index is 13.2. The van der Waals surface area contributed by atoms with Gasteiger partial charge in [-0.3, -0.25) is 4.79 Å². The van der Waals surface area contributed by atoms with Crippen LogP contribution in [0, 0.1) is 0 Å². The fraction of sp³-hybridized carbons (Fsp3) is 0.843. The van der Waals surface area contributed by atoms with Crippen molar-refractivity contribution in [3.8, 4) is 0 Å². The highest BCUT2D eigenvalue weighted by Crippen LogP contribution is 2.24. The largest absolute Gasteiger partial charge is 0.394 e. The van der Waals surface area contributed by atoms with Crippen LogP contribution in [-0.4, -0.2) is 110 Å². The molecule has 1 amide bonds. The van der Waals surface area contributed by atoms with Gasteiger partial charge < -0.3 is 50.5 Å². The number of nitrogens with one attached hydrogen (secondary N) is 1. The van der Waals surface area contributed by atoms with Crippen molar-refractivity contribution in [3.63, 3.8) is 0 Å². The SMILES string of the molecule is CCCCCCCCCCC/C=C\C/C=C\CCCCCCCCCCCCCCCCC(O)C(=O)NC(COC1OC(CO)C(O)C(O)C1O)C(O)C(O)CCC/C=C/CC/C=C/CC/C=C/CCCCCCCCCCCCC. The van der Waals surface area contributed by atoms with Crippen molar-refractivity contribution >= 4 is 5.91 Å². The highest BCUT2D eigenvalue weighted by molar-refractivity contribution is 5.80. The van der Waals surface area contributed by atoms with Crippen LogP contribution in [-0.2, 0) is 14.3 Å². The van der Waals surface area contributed by atoms with Gasteiger partial charge in [0.05, 0.1) is 25.4 Å². The van der Waals surface area contributed by atoms with Crippen LogP contribution in [0.15, 0.2) is 60.8 Å². The van der Waals surface area contributed by atoms with Crippen molar-refractivity contribution < 1.29 is 50.0 Å². The lowest BCUT2D eigenvalue weighted by Gasteiger charge is -2.40. The molecule has 474 valence electrons. The minimum absolute atomic E-state index is 0.240. The Hall–Kier alpha value is -2.19. The number of ether oxygens (including phenoxy) is 2.